The highest BCUT2D eigenvalue weighted by atomic mass is 32.2. The van der Waals surface area contributed by atoms with Gasteiger partial charge in [-0.3, -0.25) is 0 Å². The highest BCUT2D eigenvalue weighted by Crippen LogP contribution is 2.24. The van der Waals surface area contributed by atoms with E-state index in [-0.39, 0.29) is 4.90 Å². The third-order valence-electron chi connectivity index (χ3n) is 2.04. The predicted molar refractivity (Wildman–Crippen MR) is 58.5 cm³/mol. The fourth-order valence-electron chi connectivity index (χ4n) is 1.35. The molecule has 1 atom stereocenters. The van der Waals surface area contributed by atoms with Crippen molar-refractivity contribution in [3.05, 3.63) is 40.3 Å². The molecule has 1 rings (SSSR count). The standard InChI is InChI=1S/C9H11N3O3S/c1-16(14,15)9-5-3-2-4-7(9)8(6-13)11-12-10/h2-5,8,13H,6H2,1H3. The Kier molecular flexibility index (Phi) is 3.89. The van der Waals surface area contributed by atoms with Gasteiger partial charge in [0.1, 0.15) is 0 Å². The minimum absolute atomic E-state index is 0.0708. The smallest absolute Gasteiger partial charge is 0.175 e. The number of hydrogen-bond donors (Lipinski definition) is 1. The third kappa shape index (κ3) is 2.73. The first-order valence-corrected chi connectivity index (χ1v) is 6.34. The number of azide groups is 1. The second kappa shape index (κ2) is 4.98. The molecule has 0 aliphatic rings. The first kappa shape index (κ1) is 12.5. The Labute approximate surface area is 93.1 Å². The van der Waals surface area contributed by atoms with Gasteiger partial charge in [-0.25, -0.2) is 8.42 Å². The van der Waals surface area contributed by atoms with Crippen molar-refractivity contribution in [1.82, 2.24) is 0 Å². The van der Waals surface area contributed by atoms with E-state index >= 15 is 0 Å². The molecular weight excluding hydrogens is 230 g/mol. The van der Waals surface area contributed by atoms with Crippen molar-refractivity contribution in [2.24, 2.45) is 5.11 Å². The van der Waals surface area contributed by atoms with E-state index in [0.29, 0.717) is 5.56 Å². The van der Waals surface area contributed by atoms with Crippen LogP contribution in [0.5, 0.6) is 0 Å². The number of aliphatic hydroxyl groups excluding tert-OH is 1. The lowest BCUT2D eigenvalue weighted by molar-refractivity contribution is 0.266. The van der Waals surface area contributed by atoms with Gasteiger partial charge in [-0.1, -0.05) is 23.3 Å². The molecule has 0 aliphatic carbocycles. The summed E-state index contributed by atoms with van der Waals surface area (Å²) in [5.74, 6) is 0. The van der Waals surface area contributed by atoms with Gasteiger partial charge in [0.15, 0.2) is 9.84 Å². The maximum absolute atomic E-state index is 11.5. The minimum atomic E-state index is -3.40. The number of aliphatic hydroxyl groups is 1. The lowest BCUT2D eigenvalue weighted by atomic mass is 10.1. The Morgan fingerprint density at radius 3 is 2.62 bits per heavy atom. The van der Waals surface area contributed by atoms with Crippen molar-refractivity contribution >= 4 is 9.84 Å². The first-order valence-electron chi connectivity index (χ1n) is 4.44. The summed E-state index contributed by atoms with van der Waals surface area (Å²) in [4.78, 5) is 2.65. The molecule has 0 aromatic heterocycles. The molecule has 1 aromatic rings. The molecule has 0 fully saturated rings. The van der Waals surface area contributed by atoms with E-state index in [4.69, 9.17) is 10.6 Å². The van der Waals surface area contributed by atoms with Crippen molar-refractivity contribution in [1.29, 1.82) is 0 Å². The van der Waals surface area contributed by atoms with Gasteiger partial charge in [-0.2, -0.15) is 0 Å². The van der Waals surface area contributed by atoms with Crippen LogP contribution in [-0.4, -0.2) is 26.4 Å². The Hall–Kier alpha value is -1.56. The molecule has 0 radical (unpaired) electrons. The highest BCUT2D eigenvalue weighted by Gasteiger charge is 2.18. The van der Waals surface area contributed by atoms with Crippen molar-refractivity contribution in [3.63, 3.8) is 0 Å². The van der Waals surface area contributed by atoms with E-state index in [9.17, 15) is 8.42 Å². The van der Waals surface area contributed by atoms with Crippen LogP contribution in [-0.2, 0) is 9.84 Å². The number of sulfone groups is 1. The Morgan fingerprint density at radius 2 is 2.12 bits per heavy atom. The largest absolute Gasteiger partial charge is 0.396 e. The molecule has 0 bridgehead atoms. The van der Waals surface area contributed by atoms with E-state index in [0.717, 1.165) is 6.26 Å². The molecule has 1 aromatic carbocycles. The Bertz CT molecular complexity index is 521. The van der Waals surface area contributed by atoms with E-state index in [1.165, 1.54) is 12.1 Å². The fourth-order valence-corrected chi connectivity index (χ4v) is 2.31. The zero-order chi connectivity index (χ0) is 12.2. The molecule has 16 heavy (non-hydrogen) atoms. The molecule has 86 valence electrons. The maximum Gasteiger partial charge on any atom is 0.175 e. The molecule has 1 unspecified atom stereocenters. The van der Waals surface area contributed by atoms with Gasteiger partial charge in [0, 0.05) is 11.2 Å². The molecule has 1 N–H and O–H groups in total. The van der Waals surface area contributed by atoms with Crippen molar-refractivity contribution in [3.8, 4) is 0 Å². The van der Waals surface area contributed by atoms with E-state index in [1.54, 1.807) is 12.1 Å². The Balaban J connectivity index is 3.38. The lowest BCUT2D eigenvalue weighted by Crippen LogP contribution is -2.08. The van der Waals surface area contributed by atoms with Crippen molar-refractivity contribution < 1.29 is 13.5 Å². The topological polar surface area (TPSA) is 103 Å². The molecule has 0 saturated carbocycles. The predicted octanol–water partition coefficient (Wildman–Crippen LogP) is 1.43. The number of hydrogen-bond acceptors (Lipinski definition) is 4. The molecule has 0 heterocycles. The van der Waals surface area contributed by atoms with Crippen LogP contribution < -0.4 is 0 Å². The summed E-state index contributed by atoms with van der Waals surface area (Å²) < 4.78 is 22.9. The molecule has 0 amide bonds. The zero-order valence-electron chi connectivity index (χ0n) is 8.61. The number of rotatable bonds is 4. The summed E-state index contributed by atoms with van der Waals surface area (Å²) in [6, 6.07) is 5.26. The second-order valence-electron chi connectivity index (χ2n) is 3.21. The SMILES string of the molecule is CS(=O)(=O)c1ccccc1C(CO)N=[N+]=[N-]. The van der Waals surface area contributed by atoms with Crippen LogP contribution in [0.15, 0.2) is 34.3 Å². The summed E-state index contributed by atoms with van der Waals surface area (Å²) in [5, 5.41) is 12.4. The Morgan fingerprint density at radius 1 is 1.50 bits per heavy atom. The average Bonchev–Trinajstić information content (AvgIpc) is 2.25. The molecule has 0 aliphatic heterocycles. The van der Waals surface area contributed by atoms with Gasteiger partial charge < -0.3 is 5.11 Å². The zero-order valence-corrected chi connectivity index (χ0v) is 9.42. The molecule has 0 spiro atoms. The van der Waals surface area contributed by atoms with Crippen molar-refractivity contribution in [2.75, 3.05) is 12.9 Å². The van der Waals surface area contributed by atoms with E-state index in [1.807, 2.05) is 0 Å². The summed E-state index contributed by atoms with van der Waals surface area (Å²) in [6.07, 6.45) is 1.07. The van der Waals surface area contributed by atoms with Crippen LogP contribution in [0, 0.1) is 0 Å². The second-order valence-corrected chi connectivity index (χ2v) is 5.20. The first-order chi connectivity index (χ1) is 7.50. The van der Waals surface area contributed by atoms with Gasteiger partial charge in [-0.15, -0.1) is 0 Å². The number of benzene rings is 1. The molecule has 0 saturated heterocycles. The monoisotopic (exact) mass is 241 g/mol. The van der Waals surface area contributed by atoms with E-state index < -0.39 is 22.5 Å². The molecular formula is C9H11N3O3S. The fraction of sp³-hybridized carbons (Fsp3) is 0.333. The number of nitrogens with zero attached hydrogens (tertiary/aromatic N) is 3. The van der Waals surface area contributed by atoms with Gasteiger partial charge in [0.2, 0.25) is 0 Å². The summed E-state index contributed by atoms with van der Waals surface area (Å²) in [7, 11) is -3.40. The lowest BCUT2D eigenvalue weighted by Gasteiger charge is -2.12. The van der Waals surface area contributed by atoms with Gasteiger partial charge in [0.25, 0.3) is 0 Å². The van der Waals surface area contributed by atoms with Gasteiger partial charge in [-0.05, 0) is 17.2 Å². The van der Waals surface area contributed by atoms with Gasteiger partial charge in [0.05, 0.1) is 17.5 Å². The normalized spacial score (nSPS) is 12.9. The summed E-state index contributed by atoms with van der Waals surface area (Å²) in [6.45, 7) is -0.434. The van der Waals surface area contributed by atoms with E-state index in [2.05, 4.69) is 10.0 Å². The van der Waals surface area contributed by atoms with Gasteiger partial charge >= 0.3 is 0 Å². The third-order valence-corrected chi connectivity index (χ3v) is 3.21. The molecule has 7 heteroatoms. The molecule has 6 nitrogen and oxygen atoms in total. The summed E-state index contributed by atoms with van der Waals surface area (Å²) in [5.41, 5.74) is 8.63. The van der Waals surface area contributed by atoms with Crippen LogP contribution in [0.4, 0.5) is 0 Å². The summed E-state index contributed by atoms with van der Waals surface area (Å²) >= 11 is 0. The quantitative estimate of drug-likeness (QED) is 0.490. The highest BCUT2D eigenvalue weighted by molar-refractivity contribution is 7.90. The van der Waals surface area contributed by atoms with Crippen LogP contribution in [0.25, 0.3) is 10.4 Å². The maximum atomic E-state index is 11.5. The van der Waals surface area contributed by atoms with Crippen LogP contribution in [0.3, 0.4) is 0 Å². The van der Waals surface area contributed by atoms with Crippen LogP contribution >= 0.6 is 0 Å². The minimum Gasteiger partial charge on any atom is -0.396 e. The average molecular weight is 241 g/mol. The van der Waals surface area contributed by atoms with Crippen LogP contribution in [0.2, 0.25) is 0 Å². The van der Waals surface area contributed by atoms with Crippen molar-refractivity contribution in [2.45, 2.75) is 10.9 Å². The van der Waals surface area contributed by atoms with Crippen LogP contribution in [0.1, 0.15) is 11.6 Å².